The Morgan fingerprint density at radius 1 is 1.00 bits per heavy atom. The van der Waals surface area contributed by atoms with Crippen molar-refractivity contribution in [3.63, 3.8) is 0 Å². The number of amides is 1. The fourth-order valence-corrected chi connectivity index (χ4v) is 4.48. The molecule has 7 heteroatoms. The first-order chi connectivity index (χ1) is 14.2. The molecule has 1 heterocycles. The van der Waals surface area contributed by atoms with E-state index in [0.717, 1.165) is 36.4 Å². The lowest BCUT2D eigenvalue weighted by Crippen LogP contribution is -2.47. The highest BCUT2D eigenvalue weighted by atomic mass is 32.2. The molecule has 162 valence electrons. The maximum atomic E-state index is 11.9. The van der Waals surface area contributed by atoms with E-state index in [1.54, 1.807) is 4.31 Å². The van der Waals surface area contributed by atoms with Crippen LogP contribution in [0.1, 0.15) is 25.8 Å². The van der Waals surface area contributed by atoms with Crippen molar-refractivity contribution >= 4 is 21.6 Å². The summed E-state index contributed by atoms with van der Waals surface area (Å²) in [7, 11) is -3.10. The van der Waals surface area contributed by atoms with Crippen LogP contribution in [-0.2, 0) is 21.4 Å². The van der Waals surface area contributed by atoms with Crippen molar-refractivity contribution in [1.29, 1.82) is 0 Å². The van der Waals surface area contributed by atoms with Crippen molar-refractivity contribution in [2.24, 2.45) is 5.92 Å². The number of piperazine rings is 1. The Kier molecular flexibility index (Phi) is 7.28. The van der Waals surface area contributed by atoms with E-state index in [0.29, 0.717) is 25.4 Å². The first-order valence-corrected chi connectivity index (χ1v) is 12.2. The summed E-state index contributed by atoms with van der Waals surface area (Å²) in [6.07, 6.45) is 1.79. The van der Waals surface area contributed by atoms with Crippen LogP contribution in [-0.4, -0.2) is 56.0 Å². The van der Waals surface area contributed by atoms with Gasteiger partial charge < -0.3 is 5.32 Å². The average Bonchev–Trinajstić information content (AvgIpc) is 2.68. The fourth-order valence-electron chi connectivity index (χ4n) is 3.66. The summed E-state index contributed by atoms with van der Waals surface area (Å²) in [6, 6.07) is 16.3. The normalized spacial score (nSPS) is 16.0. The van der Waals surface area contributed by atoms with Gasteiger partial charge in [0.25, 0.3) is 0 Å². The molecular formula is C23H31N3O3S. The Bertz CT molecular complexity index is 963. The number of sulfonamides is 1. The molecule has 0 unspecified atom stereocenters. The van der Waals surface area contributed by atoms with Crippen LogP contribution in [0.15, 0.2) is 48.5 Å². The van der Waals surface area contributed by atoms with Crippen LogP contribution in [0.5, 0.6) is 0 Å². The van der Waals surface area contributed by atoms with Gasteiger partial charge in [-0.25, -0.2) is 8.42 Å². The summed E-state index contributed by atoms with van der Waals surface area (Å²) in [5.41, 5.74) is 4.24. The number of rotatable bonds is 7. The summed E-state index contributed by atoms with van der Waals surface area (Å²) in [4.78, 5) is 14.2. The maximum absolute atomic E-state index is 11.9. The Balaban J connectivity index is 1.61. The summed E-state index contributed by atoms with van der Waals surface area (Å²) >= 11 is 0. The van der Waals surface area contributed by atoms with E-state index in [-0.39, 0.29) is 5.91 Å². The van der Waals surface area contributed by atoms with Gasteiger partial charge in [-0.1, -0.05) is 44.2 Å². The van der Waals surface area contributed by atoms with Gasteiger partial charge in [0, 0.05) is 44.8 Å². The molecular weight excluding hydrogens is 398 g/mol. The van der Waals surface area contributed by atoms with Crippen molar-refractivity contribution in [2.75, 3.05) is 37.8 Å². The number of anilines is 1. The van der Waals surface area contributed by atoms with Gasteiger partial charge in [0.1, 0.15) is 0 Å². The van der Waals surface area contributed by atoms with Gasteiger partial charge in [-0.2, -0.15) is 4.31 Å². The van der Waals surface area contributed by atoms with Crippen molar-refractivity contribution in [1.82, 2.24) is 9.21 Å². The van der Waals surface area contributed by atoms with E-state index in [1.807, 2.05) is 38.1 Å². The molecule has 30 heavy (non-hydrogen) atoms. The van der Waals surface area contributed by atoms with Crippen LogP contribution in [0.3, 0.4) is 0 Å². The highest BCUT2D eigenvalue weighted by Gasteiger charge is 2.23. The zero-order chi connectivity index (χ0) is 21.7. The molecule has 1 aliphatic heterocycles. The molecule has 2 aromatic carbocycles. The Morgan fingerprint density at radius 2 is 1.67 bits per heavy atom. The van der Waals surface area contributed by atoms with Crippen molar-refractivity contribution in [3.8, 4) is 11.1 Å². The second-order valence-electron chi connectivity index (χ2n) is 8.36. The van der Waals surface area contributed by atoms with E-state index in [9.17, 15) is 13.2 Å². The zero-order valence-electron chi connectivity index (χ0n) is 18.0. The van der Waals surface area contributed by atoms with Gasteiger partial charge >= 0.3 is 0 Å². The standard InChI is InChI=1S/C23H31N3O3S/c1-18(2)15-23(27)24-22-9-7-20(8-10-22)21-6-4-5-19(16-21)17-25-11-13-26(14-12-25)30(3,28)29/h4-10,16,18H,11-15,17H2,1-3H3,(H,24,27). The predicted octanol–water partition coefficient (Wildman–Crippen LogP) is 3.42. The summed E-state index contributed by atoms with van der Waals surface area (Å²) in [6.45, 7) is 7.42. The topological polar surface area (TPSA) is 69.7 Å². The Hall–Kier alpha value is -2.22. The molecule has 0 aromatic heterocycles. The molecule has 6 nitrogen and oxygen atoms in total. The molecule has 0 bridgehead atoms. The smallest absolute Gasteiger partial charge is 0.224 e. The number of carbonyl (C=O) groups is 1. The molecule has 0 aliphatic carbocycles. The maximum Gasteiger partial charge on any atom is 0.224 e. The van der Waals surface area contributed by atoms with Crippen LogP contribution >= 0.6 is 0 Å². The molecule has 1 saturated heterocycles. The van der Waals surface area contributed by atoms with Gasteiger partial charge in [0.05, 0.1) is 6.26 Å². The summed E-state index contributed by atoms with van der Waals surface area (Å²) < 4.78 is 24.9. The molecule has 0 radical (unpaired) electrons. The van der Waals surface area contributed by atoms with Gasteiger partial charge in [-0.05, 0) is 40.8 Å². The molecule has 0 saturated carbocycles. The summed E-state index contributed by atoms with van der Waals surface area (Å²) in [5, 5.41) is 2.94. The third-order valence-electron chi connectivity index (χ3n) is 5.23. The molecule has 0 spiro atoms. The van der Waals surface area contributed by atoms with Crippen LogP contribution < -0.4 is 5.32 Å². The average molecular weight is 430 g/mol. The minimum atomic E-state index is -3.10. The molecule has 1 fully saturated rings. The third kappa shape index (κ3) is 6.39. The van der Waals surface area contributed by atoms with E-state index in [4.69, 9.17) is 0 Å². The highest BCUT2D eigenvalue weighted by Crippen LogP contribution is 2.23. The highest BCUT2D eigenvalue weighted by molar-refractivity contribution is 7.88. The van der Waals surface area contributed by atoms with Gasteiger partial charge in [0.2, 0.25) is 15.9 Å². The SMILES string of the molecule is CC(C)CC(=O)Nc1ccc(-c2cccc(CN3CCN(S(C)(=O)=O)CC3)c2)cc1. The van der Waals surface area contributed by atoms with E-state index >= 15 is 0 Å². The van der Waals surface area contributed by atoms with Crippen molar-refractivity contribution in [2.45, 2.75) is 26.8 Å². The van der Waals surface area contributed by atoms with Crippen LogP contribution in [0.2, 0.25) is 0 Å². The molecule has 1 N–H and O–H groups in total. The lowest BCUT2D eigenvalue weighted by atomic mass is 10.0. The monoisotopic (exact) mass is 429 g/mol. The minimum Gasteiger partial charge on any atom is -0.326 e. The van der Waals surface area contributed by atoms with Crippen molar-refractivity contribution in [3.05, 3.63) is 54.1 Å². The first kappa shape index (κ1) is 22.5. The van der Waals surface area contributed by atoms with Crippen molar-refractivity contribution < 1.29 is 13.2 Å². The van der Waals surface area contributed by atoms with Gasteiger partial charge in [-0.3, -0.25) is 9.69 Å². The number of carbonyl (C=O) groups excluding carboxylic acids is 1. The Morgan fingerprint density at radius 3 is 2.27 bits per heavy atom. The number of benzene rings is 2. The number of hydrogen-bond acceptors (Lipinski definition) is 4. The first-order valence-electron chi connectivity index (χ1n) is 10.4. The Labute approximate surface area is 179 Å². The largest absolute Gasteiger partial charge is 0.326 e. The van der Waals surface area contributed by atoms with Gasteiger partial charge in [0.15, 0.2) is 0 Å². The van der Waals surface area contributed by atoms with Crippen LogP contribution in [0.25, 0.3) is 11.1 Å². The van der Waals surface area contributed by atoms with E-state index in [2.05, 4.69) is 34.5 Å². The second-order valence-corrected chi connectivity index (χ2v) is 10.3. The van der Waals surface area contributed by atoms with Gasteiger partial charge in [-0.15, -0.1) is 0 Å². The molecule has 0 atom stereocenters. The summed E-state index contributed by atoms with van der Waals surface area (Å²) in [5.74, 6) is 0.372. The van der Waals surface area contributed by atoms with E-state index < -0.39 is 10.0 Å². The van der Waals surface area contributed by atoms with Crippen LogP contribution in [0.4, 0.5) is 5.69 Å². The quantitative estimate of drug-likeness (QED) is 0.732. The number of hydrogen-bond donors (Lipinski definition) is 1. The van der Waals surface area contributed by atoms with E-state index in [1.165, 1.54) is 11.8 Å². The molecule has 1 aliphatic rings. The fraction of sp³-hybridized carbons (Fsp3) is 0.435. The lowest BCUT2D eigenvalue weighted by Gasteiger charge is -2.33. The zero-order valence-corrected chi connectivity index (χ0v) is 18.8. The number of nitrogens with one attached hydrogen (secondary N) is 1. The minimum absolute atomic E-state index is 0.0377. The van der Waals surface area contributed by atoms with Crippen LogP contribution in [0, 0.1) is 5.92 Å². The predicted molar refractivity (Wildman–Crippen MR) is 122 cm³/mol. The lowest BCUT2D eigenvalue weighted by molar-refractivity contribution is -0.116. The number of nitrogens with zero attached hydrogens (tertiary/aromatic N) is 2. The third-order valence-corrected chi connectivity index (χ3v) is 6.53. The second kappa shape index (κ2) is 9.73. The molecule has 3 rings (SSSR count). The molecule has 2 aromatic rings. The molecule has 1 amide bonds.